The standard InChI is InChI=1S/C16H22N2O11S/c1-29-16(28)10(5-9(19)15(26)27)30-7-8(14(25)17-6-13(23)24)18-11(20)3-2-4-12(21)22/h8,10H,2-7H2,1H3,(H,17,25)(H,18,20)(H,21,22)(H,23,24)(H,26,27)/t8-,10?/m0/s1. The molecule has 0 bridgehead atoms. The average Bonchev–Trinajstić information content (AvgIpc) is 2.66. The Bertz CT molecular complexity index is 695. The molecule has 2 amide bonds. The van der Waals surface area contributed by atoms with Crippen LogP contribution in [0.5, 0.6) is 0 Å². The van der Waals surface area contributed by atoms with Crippen LogP contribution in [0.25, 0.3) is 0 Å². The van der Waals surface area contributed by atoms with Crippen LogP contribution in [0.4, 0.5) is 0 Å². The molecule has 5 N–H and O–H groups in total. The van der Waals surface area contributed by atoms with Gasteiger partial charge in [-0.1, -0.05) is 0 Å². The number of carbonyl (C=O) groups excluding carboxylic acids is 4. The number of amides is 2. The van der Waals surface area contributed by atoms with Crippen LogP contribution < -0.4 is 10.6 Å². The lowest BCUT2D eigenvalue weighted by Gasteiger charge is -2.20. The molecule has 0 aliphatic heterocycles. The van der Waals surface area contributed by atoms with Crippen molar-refractivity contribution in [3.63, 3.8) is 0 Å². The minimum Gasteiger partial charge on any atom is -0.481 e. The van der Waals surface area contributed by atoms with E-state index in [4.69, 9.17) is 15.3 Å². The van der Waals surface area contributed by atoms with Crippen molar-refractivity contribution in [3.8, 4) is 0 Å². The second-order valence-corrected chi connectivity index (χ2v) is 6.99. The number of ether oxygens (including phenoxy) is 1. The fourth-order valence-electron chi connectivity index (χ4n) is 1.95. The third kappa shape index (κ3) is 11.6. The molecule has 13 nitrogen and oxygen atoms in total. The fourth-order valence-corrected chi connectivity index (χ4v) is 3.11. The van der Waals surface area contributed by atoms with E-state index in [1.807, 2.05) is 5.32 Å². The van der Waals surface area contributed by atoms with Crippen molar-refractivity contribution in [3.05, 3.63) is 0 Å². The van der Waals surface area contributed by atoms with Crippen LogP contribution in [0, 0.1) is 0 Å². The molecule has 0 aromatic carbocycles. The number of carboxylic acid groups (broad SMARTS) is 3. The molecule has 0 spiro atoms. The number of nitrogens with one attached hydrogen (secondary N) is 2. The van der Waals surface area contributed by atoms with Gasteiger partial charge in [-0.2, -0.15) is 0 Å². The number of Topliss-reactive ketones (excluding diaryl/α,β-unsaturated/α-hetero) is 1. The first-order chi connectivity index (χ1) is 14.0. The van der Waals surface area contributed by atoms with Crippen LogP contribution >= 0.6 is 11.8 Å². The summed E-state index contributed by atoms with van der Waals surface area (Å²) in [5.41, 5.74) is 0. The van der Waals surface area contributed by atoms with Gasteiger partial charge in [0.05, 0.1) is 7.11 Å². The van der Waals surface area contributed by atoms with Gasteiger partial charge in [0.1, 0.15) is 17.8 Å². The summed E-state index contributed by atoms with van der Waals surface area (Å²) in [6, 6.07) is -1.33. The van der Waals surface area contributed by atoms with Gasteiger partial charge in [0.25, 0.3) is 0 Å². The molecule has 0 rings (SSSR count). The summed E-state index contributed by atoms with van der Waals surface area (Å²) in [4.78, 5) is 79.1. The second-order valence-electron chi connectivity index (χ2n) is 5.76. The number of hydrogen-bond donors (Lipinski definition) is 5. The van der Waals surface area contributed by atoms with Crippen molar-refractivity contribution in [1.29, 1.82) is 0 Å². The number of ketones is 1. The quantitative estimate of drug-likeness (QED) is 0.139. The Kier molecular flexibility index (Phi) is 12.5. The van der Waals surface area contributed by atoms with Crippen molar-refractivity contribution < 1.29 is 53.6 Å². The van der Waals surface area contributed by atoms with Crippen LogP contribution in [0.15, 0.2) is 0 Å². The lowest BCUT2D eigenvalue weighted by Crippen LogP contribution is -2.49. The van der Waals surface area contributed by atoms with Crippen LogP contribution in [-0.4, -0.2) is 87.5 Å². The highest BCUT2D eigenvalue weighted by molar-refractivity contribution is 8.00. The number of hydrogen-bond acceptors (Lipinski definition) is 9. The lowest BCUT2D eigenvalue weighted by atomic mass is 10.2. The highest BCUT2D eigenvalue weighted by Crippen LogP contribution is 2.18. The Morgan fingerprint density at radius 2 is 1.60 bits per heavy atom. The predicted molar refractivity (Wildman–Crippen MR) is 99.6 cm³/mol. The normalized spacial score (nSPS) is 12.2. The smallest absolute Gasteiger partial charge is 0.372 e. The Labute approximate surface area is 174 Å². The minimum absolute atomic E-state index is 0.00429. The molecule has 0 heterocycles. The summed E-state index contributed by atoms with van der Waals surface area (Å²) in [5, 5.41) is 29.0. The summed E-state index contributed by atoms with van der Waals surface area (Å²) in [5.74, 6) is -8.31. The molecular weight excluding hydrogens is 428 g/mol. The number of esters is 1. The molecule has 1 unspecified atom stereocenters. The van der Waals surface area contributed by atoms with E-state index in [-0.39, 0.29) is 25.0 Å². The van der Waals surface area contributed by atoms with Crippen LogP contribution in [-0.2, 0) is 38.3 Å². The van der Waals surface area contributed by atoms with Gasteiger partial charge in [-0.15, -0.1) is 11.8 Å². The van der Waals surface area contributed by atoms with Gasteiger partial charge in [0, 0.05) is 25.0 Å². The van der Waals surface area contributed by atoms with E-state index in [0.717, 1.165) is 7.11 Å². The molecule has 0 aromatic heterocycles. The number of carbonyl (C=O) groups is 7. The summed E-state index contributed by atoms with van der Waals surface area (Å²) >= 11 is 0.666. The van der Waals surface area contributed by atoms with E-state index >= 15 is 0 Å². The number of methoxy groups -OCH3 is 1. The average molecular weight is 450 g/mol. The van der Waals surface area contributed by atoms with Crippen molar-refractivity contribution in [2.75, 3.05) is 19.4 Å². The Hall–Kier alpha value is -3.16. The van der Waals surface area contributed by atoms with E-state index < -0.39 is 65.7 Å². The van der Waals surface area contributed by atoms with Crippen molar-refractivity contribution in [2.24, 2.45) is 0 Å². The Morgan fingerprint density at radius 1 is 0.967 bits per heavy atom. The molecule has 14 heteroatoms. The van der Waals surface area contributed by atoms with Crippen LogP contribution in [0.2, 0.25) is 0 Å². The van der Waals surface area contributed by atoms with Crippen molar-refractivity contribution in [1.82, 2.24) is 10.6 Å². The molecular formula is C16H22N2O11S. The predicted octanol–water partition coefficient (Wildman–Crippen LogP) is -1.75. The first kappa shape index (κ1) is 26.8. The zero-order valence-corrected chi connectivity index (χ0v) is 16.7. The van der Waals surface area contributed by atoms with Crippen molar-refractivity contribution in [2.45, 2.75) is 37.0 Å². The lowest BCUT2D eigenvalue weighted by molar-refractivity contribution is -0.150. The van der Waals surface area contributed by atoms with Gasteiger partial charge in [-0.05, 0) is 6.42 Å². The Balaban J connectivity index is 5.14. The maximum absolute atomic E-state index is 12.2. The van der Waals surface area contributed by atoms with E-state index in [0.29, 0.717) is 11.8 Å². The molecule has 0 radical (unpaired) electrons. The van der Waals surface area contributed by atoms with E-state index in [1.54, 1.807) is 0 Å². The largest absolute Gasteiger partial charge is 0.481 e. The second kappa shape index (κ2) is 13.9. The first-order valence-electron chi connectivity index (χ1n) is 8.44. The summed E-state index contributed by atoms with van der Waals surface area (Å²) in [7, 11) is 1.02. The third-order valence-corrected chi connectivity index (χ3v) is 4.68. The highest BCUT2D eigenvalue weighted by Gasteiger charge is 2.29. The topological polar surface area (TPSA) is 213 Å². The molecule has 0 saturated heterocycles. The van der Waals surface area contributed by atoms with Gasteiger partial charge in [0.15, 0.2) is 0 Å². The van der Waals surface area contributed by atoms with E-state index in [9.17, 15) is 33.6 Å². The van der Waals surface area contributed by atoms with E-state index in [1.165, 1.54) is 0 Å². The molecule has 0 aromatic rings. The molecule has 0 aliphatic rings. The van der Waals surface area contributed by atoms with E-state index in [2.05, 4.69) is 10.1 Å². The first-order valence-corrected chi connectivity index (χ1v) is 9.49. The zero-order valence-electron chi connectivity index (χ0n) is 15.9. The van der Waals surface area contributed by atoms with Crippen molar-refractivity contribution >= 4 is 53.2 Å². The molecule has 168 valence electrons. The number of thioether (sulfide) groups is 1. The Morgan fingerprint density at radius 3 is 2.10 bits per heavy atom. The number of rotatable bonds is 15. The number of carboxylic acids is 3. The SMILES string of the molecule is COC(=O)C(CC(=O)C(=O)O)SC[C@H](NC(=O)CCCC(=O)O)C(=O)NCC(=O)O. The highest BCUT2D eigenvalue weighted by atomic mass is 32.2. The minimum atomic E-state index is -1.76. The zero-order chi connectivity index (χ0) is 23.3. The summed E-state index contributed by atoms with van der Waals surface area (Å²) < 4.78 is 4.50. The van der Waals surface area contributed by atoms with Gasteiger partial charge >= 0.3 is 23.9 Å². The molecule has 2 atom stereocenters. The molecule has 0 saturated carbocycles. The maximum Gasteiger partial charge on any atom is 0.372 e. The van der Waals surface area contributed by atoms with Gasteiger partial charge < -0.3 is 30.7 Å². The van der Waals surface area contributed by atoms with Crippen LogP contribution in [0.3, 0.4) is 0 Å². The fraction of sp³-hybridized carbons (Fsp3) is 0.562. The van der Waals surface area contributed by atoms with Crippen LogP contribution in [0.1, 0.15) is 25.7 Å². The molecule has 30 heavy (non-hydrogen) atoms. The summed E-state index contributed by atoms with van der Waals surface area (Å²) in [6.07, 6.45) is -1.23. The van der Waals surface area contributed by atoms with Gasteiger partial charge in [-0.3, -0.25) is 28.8 Å². The number of aliphatic carboxylic acids is 3. The maximum atomic E-state index is 12.2. The molecule has 0 aliphatic carbocycles. The summed E-state index contributed by atoms with van der Waals surface area (Å²) in [6.45, 7) is -0.743. The monoisotopic (exact) mass is 450 g/mol. The van der Waals surface area contributed by atoms with Gasteiger partial charge in [-0.25, -0.2) is 4.79 Å². The third-order valence-electron chi connectivity index (χ3n) is 3.40. The van der Waals surface area contributed by atoms with Gasteiger partial charge in [0.2, 0.25) is 17.6 Å². The molecule has 0 fully saturated rings.